The average molecular weight is 293 g/mol. The zero-order valence-corrected chi connectivity index (χ0v) is 12.0. The van der Waals surface area contributed by atoms with Gasteiger partial charge >= 0.3 is 6.03 Å². The lowest BCUT2D eigenvalue weighted by Crippen LogP contribution is -2.34. The molecule has 0 unspecified atom stereocenters. The van der Waals surface area contributed by atoms with Gasteiger partial charge in [-0.05, 0) is 30.7 Å². The minimum atomic E-state index is -0.612. The lowest BCUT2D eigenvalue weighted by Gasteiger charge is -2.21. The van der Waals surface area contributed by atoms with Crippen LogP contribution in [0.25, 0.3) is 5.69 Å². The van der Waals surface area contributed by atoms with Crippen LogP contribution in [0.4, 0.5) is 16.4 Å². The Kier molecular flexibility index (Phi) is 3.57. The van der Waals surface area contributed by atoms with Gasteiger partial charge in [0.1, 0.15) is 6.33 Å². The third kappa shape index (κ3) is 2.42. The molecule has 0 spiro atoms. The fourth-order valence-electron chi connectivity index (χ4n) is 2.28. The van der Waals surface area contributed by atoms with Gasteiger partial charge in [-0.25, -0.2) is 9.69 Å². The van der Waals surface area contributed by atoms with E-state index in [0.717, 1.165) is 11.3 Å². The molecule has 0 saturated heterocycles. The molecule has 1 aromatic heterocycles. The number of anilines is 2. The van der Waals surface area contributed by atoms with Crippen LogP contribution < -0.4 is 10.6 Å². The van der Waals surface area contributed by atoms with Crippen molar-refractivity contribution in [3.8, 4) is 5.69 Å². The smallest absolute Gasteiger partial charge is 0.326 e. The van der Waals surface area contributed by atoms with Gasteiger partial charge in [0.15, 0.2) is 0 Å². The second-order valence-electron chi connectivity index (χ2n) is 4.77. The summed E-state index contributed by atoms with van der Waals surface area (Å²) < 4.78 is 1.58. The first-order chi connectivity index (χ1) is 10.7. The third-order valence-corrected chi connectivity index (χ3v) is 3.31. The number of primary amides is 1. The highest BCUT2D eigenvalue weighted by Gasteiger charge is 2.22. The number of carbonyl (C=O) groups is 1. The summed E-state index contributed by atoms with van der Waals surface area (Å²) in [7, 11) is 0. The number of nitrogens with zero attached hydrogens (tertiary/aromatic N) is 4. The van der Waals surface area contributed by atoms with E-state index >= 15 is 0 Å². The number of benzene rings is 2. The van der Waals surface area contributed by atoms with Crippen LogP contribution in [0, 0.1) is 6.92 Å². The molecule has 3 aromatic rings. The quantitative estimate of drug-likeness (QED) is 0.806. The summed E-state index contributed by atoms with van der Waals surface area (Å²) in [6.07, 6.45) is 1.40. The number of carbonyl (C=O) groups excluding carboxylic acids is 1. The number of rotatable bonds is 3. The van der Waals surface area contributed by atoms with Crippen molar-refractivity contribution in [3.05, 3.63) is 66.5 Å². The summed E-state index contributed by atoms with van der Waals surface area (Å²) in [5, 5.41) is 4.20. The normalized spacial score (nSPS) is 10.4. The molecular weight excluding hydrogens is 278 g/mol. The van der Waals surface area contributed by atoms with E-state index in [2.05, 4.69) is 10.1 Å². The first-order valence-electron chi connectivity index (χ1n) is 6.79. The maximum Gasteiger partial charge on any atom is 0.326 e. The van der Waals surface area contributed by atoms with Gasteiger partial charge in [-0.15, -0.1) is 0 Å². The van der Waals surface area contributed by atoms with Gasteiger partial charge in [0, 0.05) is 0 Å². The lowest BCUT2D eigenvalue weighted by atomic mass is 10.2. The van der Waals surface area contributed by atoms with Crippen molar-refractivity contribution in [2.24, 2.45) is 5.73 Å². The molecular formula is C16H15N5O. The minimum Gasteiger partial charge on any atom is -0.351 e. The van der Waals surface area contributed by atoms with Crippen LogP contribution in [-0.4, -0.2) is 20.8 Å². The molecule has 0 aliphatic carbocycles. The number of aryl methyl sites for hydroxylation is 1. The summed E-state index contributed by atoms with van der Waals surface area (Å²) in [5.74, 6) is 0.355. The van der Waals surface area contributed by atoms with Crippen LogP contribution in [0.5, 0.6) is 0 Å². The van der Waals surface area contributed by atoms with Crippen LogP contribution in [0.15, 0.2) is 60.9 Å². The number of hydrogen-bond acceptors (Lipinski definition) is 3. The van der Waals surface area contributed by atoms with Gasteiger partial charge in [-0.3, -0.25) is 0 Å². The van der Waals surface area contributed by atoms with E-state index in [1.54, 1.807) is 4.68 Å². The van der Waals surface area contributed by atoms with Gasteiger partial charge in [0.25, 0.3) is 0 Å². The molecule has 1 heterocycles. The zero-order chi connectivity index (χ0) is 15.5. The fraction of sp³-hybridized carbons (Fsp3) is 0.0625. The molecule has 3 rings (SSSR count). The van der Waals surface area contributed by atoms with Crippen molar-refractivity contribution in [3.63, 3.8) is 0 Å². The van der Waals surface area contributed by atoms with Crippen molar-refractivity contribution in [2.75, 3.05) is 4.90 Å². The fourth-order valence-corrected chi connectivity index (χ4v) is 2.28. The molecule has 0 radical (unpaired) electrons. The molecule has 110 valence electrons. The Morgan fingerprint density at radius 1 is 1.09 bits per heavy atom. The van der Waals surface area contributed by atoms with E-state index in [-0.39, 0.29) is 0 Å². The second kappa shape index (κ2) is 5.69. The molecule has 0 atom stereocenters. The average Bonchev–Trinajstić information content (AvgIpc) is 2.99. The Morgan fingerprint density at radius 2 is 1.77 bits per heavy atom. The Balaban J connectivity index is 2.14. The van der Waals surface area contributed by atoms with Crippen molar-refractivity contribution in [2.45, 2.75) is 6.92 Å². The SMILES string of the molecule is Cc1ccccc1N(C(N)=O)c1ncnn1-c1ccccc1. The molecule has 6 heteroatoms. The zero-order valence-electron chi connectivity index (χ0n) is 12.0. The van der Waals surface area contributed by atoms with E-state index in [0.29, 0.717) is 11.6 Å². The second-order valence-corrected chi connectivity index (χ2v) is 4.77. The first-order valence-corrected chi connectivity index (χ1v) is 6.79. The predicted octanol–water partition coefficient (Wildman–Crippen LogP) is 2.79. The van der Waals surface area contributed by atoms with Gasteiger partial charge in [-0.2, -0.15) is 14.8 Å². The number of hydrogen-bond donors (Lipinski definition) is 1. The van der Waals surface area contributed by atoms with E-state index in [4.69, 9.17) is 5.73 Å². The van der Waals surface area contributed by atoms with Crippen molar-refractivity contribution in [1.82, 2.24) is 14.8 Å². The predicted molar refractivity (Wildman–Crippen MR) is 84.3 cm³/mol. The van der Waals surface area contributed by atoms with E-state index in [1.807, 2.05) is 61.5 Å². The number of nitrogens with two attached hydrogens (primary N) is 1. The van der Waals surface area contributed by atoms with Crippen LogP contribution in [0.1, 0.15) is 5.56 Å². The molecule has 0 aliphatic heterocycles. The lowest BCUT2D eigenvalue weighted by molar-refractivity contribution is 0.255. The van der Waals surface area contributed by atoms with Crippen LogP contribution in [-0.2, 0) is 0 Å². The Hall–Kier alpha value is -3.15. The monoisotopic (exact) mass is 293 g/mol. The van der Waals surface area contributed by atoms with E-state index < -0.39 is 6.03 Å². The standard InChI is InChI=1S/C16H15N5O/c1-12-7-5-6-10-14(12)20(15(17)22)16-18-11-19-21(16)13-8-3-2-4-9-13/h2-11H,1H3,(H2,17,22). The minimum absolute atomic E-state index is 0.355. The molecule has 6 nitrogen and oxygen atoms in total. The van der Waals surface area contributed by atoms with Crippen molar-refractivity contribution < 1.29 is 4.79 Å². The topological polar surface area (TPSA) is 77.0 Å². The maximum atomic E-state index is 12.0. The molecule has 2 aromatic carbocycles. The molecule has 0 bridgehead atoms. The molecule has 2 amide bonds. The van der Waals surface area contributed by atoms with E-state index in [9.17, 15) is 4.79 Å². The molecule has 0 fully saturated rings. The van der Waals surface area contributed by atoms with Crippen LogP contribution in [0.2, 0.25) is 0 Å². The van der Waals surface area contributed by atoms with Crippen LogP contribution in [0.3, 0.4) is 0 Å². The summed E-state index contributed by atoms with van der Waals surface area (Å²) >= 11 is 0. The highest BCUT2D eigenvalue weighted by molar-refractivity contribution is 5.97. The van der Waals surface area contributed by atoms with Gasteiger partial charge < -0.3 is 5.73 Å². The highest BCUT2D eigenvalue weighted by atomic mass is 16.2. The van der Waals surface area contributed by atoms with Crippen molar-refractivity contribution in [1.29, 1.82) is 0 Å². The number of amides is 2. The molecule has 0 aliphatic rings. The molecule has 2 N–H and O–H groups in total. The molecule has 22 heavy (non-hydrogen) atoms. The summed E-state index contributed by atoms with van der Waals surface area (Å²) in [5.41, 5.74) is 7.98. The largest absolute Gasteiger partial charge is 0.351 e. The summed E-state index contributed by atoms with van der Waals surface area (Å²) in [6.45, 7) is 1.91. The Bertz CT molecular complexity index is 797. The highest BCUT2D eigenvalue weighted by Crippen LogP contribution is 2.27. The van der Waals surface area contributed by atoms with Gasteiger partial charge in [-0.1, -0.05) is 36.4 Å². The Morgan fingerprint density at radius 3 is 2.45 bits per heavy atom. The number of urea groups is 1. The van der Waals surface area contributed by atoms with Crippen LogP contribution >= 0.6 is 0 Å². The molecule has 0 saturated carbocycles. The van der Waals surface area contributed by atoms with E-state index in [1.165, 1.54) is 11.2 Å². The third-order valence-electron chi connectivity index (χ3n) is 3.31. The van der Waals surface area contributed by atoms with Crippen molar-refractivity contribution >= 4 is 17.7 Å². The number of para-hydroxylation sites is 2. The number of aromatic nitrogens is 3. The maximum absolute atomic E-state index is 12.0. The Labute approximate surface area is 127 Å². The van der Waals surface area contributed by atoms with Gasteiger partial charge in [0.2, 0.25) is 5.95 Å². The van der Waals surface area contributed by atoms with Gasteiger partial charge in [0.05, 0.1) is 11.4 Å². The summed E-state index contributed by atoms with van der Waals surface area (Å²) in [4.78, 5) is 17.6. The first kappa shape index (κ1) is 13.8. The summed E-state index contributed by atoms with van der Waals surface area (Å²) in [6, 6.07) is 16.3.